The molecular weight excluding hydrogens is 254 g/mol. The number of ether oxygens (including phenoxy) is 1. The van der Waals surface area contributed by atoms with Crippen LogP contribution in [0.4, 0.5) is 8.78 Å². The molecule has 1 atom stereocenters. The largest absolute Gasteiger partial charge is 0.435 e. The molecule has 0 aliphatic heterocycles. The van der Waals surface area contributed by atoms with E-state index in [9.17, 15) is 8.78 Å². The van der Waals surface area contributed by atoms with Gasteiger partial charge in [-0.05, 0) is 23.6 Å². The molecule has 0 saturated heterocycles. The molecule has 0 aliphatic carbocycles. The lowest BCUT2D eigenvalue weighted by Crippen LogP contribution is -2.02. The monoisotopic (exact) mass is 264 g/mol. The molecule has 1 unspecified atom stereocenters. The van der Waals surface area contributed by atoms with Gasteiger partial charge in [0.25, 0.3) is 0 Å². The molecule has 1 nitrogen and oxygen atoms in total. The first-order chi connectivity index (χ1) is 6.63. The van der Waals surface area contributed by atoms with Crippen LogP contribution in [-0.4, -0.2) is 11.9 Å². The molecule has 0 N–H and O–H groups in total. The van der Waals surface area contributed by atoms with Crippen molar-refractivity contribution < 1.29 is 13.5 Å². The molecule has 0 saturated carbocycles. The average Bonchev–Trinajstić information content (AvgIpc) is 2.17. The lowest BCUT2D eigenvalue weighted by molar-refractivity contribution is -0.0498. The lowest BCUT2D eigenvalue weighted by Gasteiger charge is -2.09. The van der Waals surface area contributed by atoms with Gasteiger partial charge in [-0.3, -0.25) is 0 Å². The average molecular weight is 265 g/mol. The Bertz CT molecular complexity index is 274. The highest BCUT2D eigenvalue weighted by Gasteiger charge is 2.06. The summed E-state index contributed by atoms with van der Waals surface area (Å²) in [6.45, 7) is -0.702. The Hall–Kier alpha value is -0.640. The van der Waals surface area contributed by atoms with Crippen molar-refractivity contribution in [1.29, 1.82) is 0 Å². The summed E-state index contributed by atoms with van der Waals surface area (Å²) >= 11 is 3.36. The van der Waals surface area contributed by atoms with E-state index < -0.39 is 6.61 Å². The van der Waals surface area contributed by atoms with Crippen molar-refractivity contribution in [3.05, 3.63) is 29.8 Å². The molecule has 14 heavy (non-hydrogen) atoms. The normalized spacial score (nSPS) is 12.9. The standard InChI is InChI=1S/C10H11BrF2O/c1-7(6-11)8-2-4-9(5-3-8)14-10(12)13/h2-5,7,10H,6H2,1H3. The third-order valence-electron chi connectivity index (χ3n) is 1.91. The fourth-order valence-electron chi connectivity index (χ4n) is 1.07. The SMILES string of the molecule is CC(CBr)c1ccc(OC(F)F)cc1. The second-order valence-corrected chi connectivity index (χ2v) is 3.65. The fraction of sp³-hybridized carbons (Fsp3) is 0.400. The van der Waals surface area contributed by atoms with Crippen LogP contribution in [0.2, 0.25) is 0 Å². The van der Waals surface area contributed by atoms with E-state index >= 15 is 0 Å². The van der Waals surface area contributed by atoms with Crippen LogP contribution in [0.3, 0.4) is 0 Å². The van der Waals surface area contributed by atoms with E-state index in [4.69, 9.17) is 0 Å². The van der Waals surface area contributed by atoms with Crippen LogP contribution in [0.1, 0.15) is 18.4 Å². The lowest BCUT2D eigenvalue weighted by atomic mass is 10.0. The molecule has 0 fully saturated rings. The first kappa shape index (κ1) is 11.4. The van der Waals surface area contributed by atoms with Crippen LogP contribution in [0.25, 0.3) is 0 Å². The summed E-state index contributed by atoms with van der Waals surface area (Å²) in [5, 5.41) is 0.849. The number of rotatable bonds is 4. The highest BCUT2D eigenvalue weighted by Crippen LogP contribution is 2.21. The second-order valence-electron chi connectivity index (χ2n) is 3.00. The van der Waals surface area contributed by atoms with E-state index in [1.165, 1.54) is 0 Å². The zero-order valence-electron chi connectivity index (χ0n) is 7.71. The second kappa shape index (κ2) is 5.29. The summed E-state index contributed by atoms with van der Waals surface area (Å²) in [7, 11) is 0. The molecule has 0 bridgehead atoms. The number of alkyl halides is 3. The van der Waals surface area contributed by atoms with Gasteiger partial charge in [-0.25, -0.2) is 0 Å². The van der Waals surface area contributed by atoms with E-state index in [1.54, 1.807) is 24.3 Å². The molecular formula is C10H11BrF2O. The molecule has 1 aromatic carbocycles. The maximum absolute atomic E-state index is 11.8. The van der Waals surface area contributed by atoms with Crippen LogP contribution < -0.4 is 4.74 Å². The minimum atomic E-state index is -2.76. The number of halogens is 3. The van der Waals surface area contributed by atoms with Crippen LogP contribution in [-0.2, 0) is 0 Å². The van der Waals surface area contributed by atoms with Crippen molar-refractivity contribution in [2.75, 3.05) is 5.33 Å². The number of hydrogen-bond donors (Lipinski definition) is 0. The van der Waals surface area contributed by atoms with Gasteiger partial charge in [0.05, 0.1) is 0 Å². The van der Waals surface area contributed by atoms with E-state index in [-0.39, 0.29) is 5.75 Å². The molecule has 0 radical (unpaired) electrons. The van der Waals surface area contributed by atoms with Gasteiger partial charge in [-0.1, -0.05) is 35.0 Å². The highest BCUT2D eigenvalue weighted by atomic mass is 79.9. The van der Waals surface area contributed by atoms with E-state index in [2.05, 4.69) is 27.6 Å². The minimum Gasteiger partial charge on any atom is -0.435 e. The molecule has 0 heterocycles. The smallest absolute Gasteiger partial charge is 0.387 e. The molecule has 0 aliphatic rings. The Labute approximate surface area is 90.2 Å². The summed E-state index contributed by atoms with van der Waals surface area (Å²) < 4.78 is 27.9. The van der Waals surface area contributed by atoms with Gasteiger partial charge in [-0.2, -0.15) is 8.78 Å². The zero-order valence-corrected chi connectivity index (χ0v) is 9.30. The Morgan fingerprint density at radius 3 is 2.29 bits per heavy atom. The van der Waals surface area contributed by atoms with Gasteiger partial charge in [-0.15, -0.1) is 0 Å². The van der Waals surface area contributed by atoms with Crippen LogP contribution in [0, 0.1) is 0 Å². The van der Waals surface area contributed by atoms with Crippen molar-refractivity contribution in [2.45, 2.75) is 19.5 Å². The molecule has 1 rings (SSSR count). The van der Waals surface area contributed by atoms with Crippen molar-refractivity contribution in [1.82, 2.24) is 0 Å². The third-order valence-corrected chi connectivity index (χ3v) is 2.88. The predicted octanol–water partition coefficient (Wildman–Crippen LogP) is 3.79. The molecule has 4 heteroatoms. The van der Waals surface area contributed by atoms with Crippen molar-refractivity contribution in [3.8, 4) is 5.75 Å². The fourth-order valence-corrected chi connectivity index (χ4v) is 1.44. The summed E-state index contributed by atoms with van der Waals surface area (Å²) in [5.41, 5.74) is 1.10. The summed E-state index contributed by atoms with van der Waals surface area (Å²) in [5.74, 6) is 0.570. The van der Waals surface area contributed by atoms with E-state index in [0.29, 0.717) is 5.92 Å². The Morgan fingerprint density at radius 1 is 1.29 bits per heavy atom. The van der Waals surface area contributed by atoms with Crippen LogP contribution in [0.5, 0.6) is 5.75 Å². The minimum absolute atomic E-state index is 0.200. The maximum Gasteiger partial charge on any atom is 0.387 e. The van der Waals surface area contributed by atoms with Crippen LogP contribution in [0.15, 0.2) is 24.3 Å². The van der Waals surface area contributed by atoms with E-state index in [1.807, 2.05) is 0 Å². The quantitative estimate of drug-likeness (QED) is 0.752. The maximum atomic E-state index is 11.8. The van der Waals surface area contributed by atoms with Crippen molar-refractivity contribution in [3.63, 3.8) is 0 Å². The summed E-state index contributed by atoms with van der Waals surface area (Å²) in [6, 6.07) is 6.70. The molecule has 0 amide bonds. The van der Waals surface area contributed by atoms with Gasteiger partial charge >= 0.3 is 6.61 Å². The highest BCUT2D eigenvalue weighted by molar-refractivity contribution is 9.09. The Balaban J connectivity index is 2.68. The first-order valence-electron chi connectivity index (χ1n) is 4.24. The number of benzene rings is 1. The third kappa shape index (κ3) is 3.25. The van der Waals surface area contributed by atoms with Gasteiger partial charge in [0.15, 0.2) is 0 Å². The molecule has 78 valence electrons. The van der Waals surface area contributed by atoms with Crippen LogP contribution >= 0.6 is 15.9 Å². The van der Waals surface area contributed by atoms with E-state index in [0.717, 1.165) is 10.9 Å². The molecule has 0 spiro atoms. The Morgan fingerprint density at radius 2 is 1.86 bits per heavy atom. The summed E-state index contributed by atoms with van der Waals surface area (Å²) in [4.78, 5) is 0. The van der Waals surface area contributed by atoms with Gasteiger partial charge < -0.3 is 4.74 Å². The van der Waals surface area contributed by atoms with Gasteiger partial charge in [0, 0.05) is 5.33 Å². The summed E-state index contributed by atoms with van der Waals surface area (Å²) in [6.07, 6.45) is 0. The predicted molar refractivity (Wildman–Crippen MR) is 55.3 cm³/mol. The zero-order chi connectivity index (χ0) is 10.6. The Kier molecular flexibility index (Phi) is 4.32. The first-order valence-corrected chi connectivity index (χ1v) is 5.36. The van der Waals surface area contributed by atoms with Gasteiger partial charge in [0.2, 0.25) is 0 Å². The van der Waals surface area contributed by atoms with Crippen molar-refractivity contribution >= 4 is 15.9 Å². The molecule has 0 aromatic heterocycles. The van der Waals surface area contributed by atoms with Crippen molar-refractivity contribution in [2.24, 2.45) is 0 Å². The topological polar surface area (TPSA) is 9.23 Å². The van der Waals surface area contributed by atoms with Gasteiger partial charge in [0.1, 0.15) is 5.75 Å². The molecule has 1 aromatic rings. The number of hydrogen-bond acceptors (Lipinski definition) is 1.